The molecule has 4 rings (SSSR count). The fourth-order valence-corrected chi connectivity index (χ4v) is 5.21. The van der Waals surface area contributed by atoms with Crippen LogP contribution in [0.2, 0.25) is 0 Å². The van der Waals surface area contributed by atoms with E-state index in [1.807, 2.05) is 0 Å². The molecule has 0 aromatic carbocycles. The highest BCUT2D eigenvalue weighted by molar-refractivity contribution is 5.83. The standard InChI is InChI=1S/C14H19FO4/c1-18-10(16)12-3-9-4-13(6-12,11(17)19-2)8-14(15,5-9)7-12/h9H,3-8H2,1-2H3/t9?,12-,13+,14?. The molecule has 4 aliphatic carbocycles. The van der Waals surface area contributed by atoms with Crippen LogP contribution in [-0.4, -0.2) is 31.8 Å². The van der Waals surface area contributed by atoms with E-state index in [9.17, 15) is 14.0 Å². The van der Waals surface area contributed by atoms with Crippen LogP contribution in [0, 0.1) is 16.7 Å². The van der Waals surface area contributed by atoms with Crippen LogP contribution in [0.1, 0.15) is 38.5 Å². The molecule has 0 spiro atoms. The highest BCUT2D eigenvalue weighted by Gasteiger charge is 2.69. The molecule has 2 unspecified atom stereocenters. The molecule has 4 nitrogen and oxygen atoms in total. The van der Waals surface area contributed by atoms with Crippen LogP contribution >= 0.6 is 0 Å². The van der Waals surface area contributed by atoms with Crippen LogP contribution in [0.4, 0.5) is 4.39 Å². The van der Waals surface area contributed by atoms with Crippen molar-refractivity contribution in [2.24, 2.45) is 16.7 Å². The van der Waals surface area contributed by atoms with Crippen LogP contribution in [0.5, 0.6) is 0 Å². The number of methoxy groups -OCH3 is 2. The summed E-state index contributed by atoms with van der Waals surface area (Å²) in [6, 6.07) is 0. The lowest BCUT2D eigenvalue weighted by Crippen LogP contribution is -2.63. The van der Waals surface area contributed by atoms with Gasteiger partial charge in [0.25, 0.3) is 0 Å². The predicted molar refractivity (Wildman–Crippen MR) is 63.9 cm³/mol. The number of ether oxygens (including phenoxy) is 2. The Morgan fingerprint density at radius 3 is 1.79 bits per heavy atom. The molecule has 0 aromatic heterocycles. The summed E-state index contributed by atoms with van der Waals surface area (Å²) in [6.45, 7) is 0. The Labute approximate surface area is 111 Å². The van der Waals surface area contributed by atoms with Gasteiger partial charge < -0.3 is 9.47 Å². The van der Waals surface area contributed by atoms with Gasteiger partial charge in [0, 0.05) is 0 Å². The third-order valence-corrected chi connectivity index (χ3v) is 5.24. The van der Waals surface area contributed by atoms with Gasteiger partial charge in [0.2, 0.25) is 0 Å². The monoisotopic (exact) mass is 270 g/mol. The molecule has 106 valence electrons. The van der Waals surface area contributed by atoms with E-state index in [1.165, 1.54) is 14.2 Å². The minimum Gasteiger partial charge on any atom is -0.469 e. The topological polar surface area (TPSA) is 52.6 Å². The molecule has 4 fully saturated rings. The fourth-order valence-electron chi connectivity index (χ4n) is 5.21. The van der Waals surface area contributed by atoms with E-state index in [-0.39, 0.29) is 30.7 Å². The van der Waals surface area contributed by atoms with Gasteiger partial charge in [-0.2, -0.15) is 0 Å². The normalized spacial score (nSPS) is 47.0. The average Bonchev–Trinajstić information content (AvgIpc) is 2.33. The molecule has 0 N–H and O–H groups in total. The van der Waals surface area contributed by atoms with Gasteiger partial charge in [-0.05, 0) is 44.4 Å². The van der Waals surface area contributed by atoms with Crippen molar-refractivity contribution in [2.45, 2.75) is 44.2 Å². The smallest absolute Gasteiger partial charge is 0.311 e. The van der Waals surface area contributed by atoms with Crippen molar-refractivity contribution in [3.8, 4) is 0 Å². The Morgan fingerprint density at radius 1 is 0.947 bits per heavy atom. The molecule has 0 radical (unpaired) electrons. The van der Waals surface area contributed by atoms with Gasteiger partial charge in [-0.3, -0.25) is 9.59 Å². The second kappa shape index (κ2) is 3.70. The maximum absolute atomic E-state index is 15.0. The second-order valence-electron chi connectivity index (χ2n) is 6.70. The van der Waals surface area contributed by atoms with E-state index in [0.29, 0.717) is 25.7 Å². The molecule has 4 bridgehead atoms. The molecule has 0 saturated heterocycles. The molecule has 5 heteroatoms. The van der Waals surface area contributed by atoms with Gasteiger partial charge in [0.05, 0.1) is 25.0 Å². The molecule has 0 heterocycles. The van der Waals surface area contributed by atoms with Gasteiger partial charge in [-0.1, -0.05) is 0 Å². The Bertz CT molecular complexity index is 415. The van der Waals surface area contributed by atoms with Crippen molar-refractivity contribution in [1.29, 1.82) is 0 Å². The summed E-state index contributed by atoms with van der Waals surface area (Å²) in [7, 11) is 2.66. The minimum atomic E-state index is -1.41. The summed E-state index contributed by atoms with van der Waals surface area (Å²) in [5.41, 5.74) is -3.06. The predicted octanol–water partition coefficient (Wildman–Crippen LogP) is 2.01. The molecule has 4 atom stereocenters. The average molecular weight is 270 g/mol. The molecule has 0 aromatic rings. The molecular formula is C14H19FO4. The zero-order valence-electron chi connectivity index (χ0n) is 11.3. The quantitative estimate of drug-likeness (QED) is 0.720. The van der Waals surface area contributed by atoms with E-state index in [4.69, 9.17) is 9.47 Å². The summed E-state index contributed by atoms with van der Waals surface area (Å²) in [6.07, 6.45) is 2.52. The number of carbonyl (C=O) groups is 2. The number of alkyl halides is 1. The largest absolute Gasteiger partial charge is 0.469 e. The van der Waals surface area contributed by atoms with Gasteiger partial charge in [0.15, 0.2) is 0 Å². The van der Waals surface area contributed by atoms with Gasteiger partial charge in [-0.15, -0.1) is 0 Å². The molecule has 0 amide bonds. The Morgan fingerprint density at radius 2 is 1.42 bits per heavy atom. The van der Waals surface area contributed by atoms with Crippen LogP contribution in [0.3, 0.4) is 0 Å². The van der Waals surface area contributed by atoms with Crippen molar-refractivity contribution < 1.29 is 23.5 Å². The number of hydrogen-bond donors (Lipinski definition) is 0. The molecule has 4 saturated carbocycles. The van der Waals surface area contributed by atoms with Crippen LogP contribution in [-0.2, 0) is 19.1 Å². The summed E-state index contributed by atoms with van der Waals surface area (Å²) in [4.78, 5) is 24.2. The first-order valence-corrected chi connectivity index (χ1v) is 6.73. The van der Waals surface area contributed by atoms with Gasteiger partial charge in [-0.25, -0.2) is 4.39 Å². The minimum absolute atomic E-state index is 0.0828. The lowest BCUT2D eigenvalue weighted by Gasteiger charge is -2.61. The maximum Gasteiger partial charge on any atom is 0.311 e. The zero-order valence-corrected chi connectivity index (χ0v) is 11.3. The van der Waals surface area contributed by atoms with Crippen molar-refractivity contribution in [2.75, 3.05) is 14.2 Å². The van der Waals surface area contributed by atoms with Crippen LogP contribution in [0.25, 0.3) is 0 Å². The lowest BCUT2D eigenvalue weighted by molar-refractivity contribution is -0.208. The Hall–Kier alpha value is -1.13. The fraction of sp³-hybridized carbons (Fsp3) is 0.857. The van der Waals surface area contributed by atoms with Crippen molar-refractivity contribution >= 4 is 11.9 Å². The van der Waals surface area contributed by atoms with E-state index >= 15 is 0 Å². The van der Waals surface area contributed by atoms with Crippen molar-refractivity contribution in [1.82, 2.24) is 0 Å². The summed E-state index contributed by atoms with van der Waals surface area (Å²) in [5.74, 6) is -0.654. The SMILES string of the molecule is COC(=O)[C@@]12CC3CC(F)(C1)C[C@](C(=O)OC)(C3)C2. The maximum atomic E-state index is 15.0. The first-order chi connectivity index (χ1) is 8.87. The molecule has 19 heavy (non-hydrogen) atoms. The molecule has 0 aliphatic heterocycles. The summed E-state index contributed by atoms with van der Waals surface area (Å²) < 4.78 is 24.7. The van der Waals surface area contributed by atoms with Crippen LogP contribution < -0.4 is 0 Å². The zero-order chi connectivity index (χ0) is 13.9. The van der Waals surface area contributed by atoms with E-state index in [2.05, 4.69) is 0 Å². The number of carbonyl (C=O) groups excluding carboxylic acids is 2. The number of rotatable bonds is 2. The number of halogens is 1. The molecular weight excluding hydrogens is 251 g/mol. The third kappa shape index (κ3) is 1.63. The van der Waals surface area contributed by atoms with Gasteiger partial charge >= 0.3 is 11.9 Å². The van der Waals surface area contributed by atoms with E-state index in [0.717, 1.165) is 0 Å². The second-order valence-corrected chi connectivity index (χ2v) is 6.70. The van der Waals surface area contributed by atoms with Gasteiger partial charge in [0.1, 0.15) is 5.67 Å². The highest BCUT2D eigenvalue weighted by atomic mass is 19.1. The molecule has 4 aliphatic rings. The first kappa shape index (κ1) is 12.9. The number of hydrogen-bond acceptors (Lipinski definition) is 4. The van der Waals surface area contributed by atoms with E-state index < -0.39 is 16.5 Å². The summed E-state index contributed by atoms with van der Waals surface area (Å²) in [5, 5.41) is 0. The van der Waals surface area contributed by atoms with E-state index in [1.54, 1.807) is 0 Å². The van der Waals surface area contributed by atoms with Crippen LogP contribution in [0.15, 0.2) is 0 Å². The highest BCUT2D eigenvalue weighted by Crippen LogP contribution is 2.68. The van der Waals surface area contributed by atoms with Crippen molar-refractivity contribution in [3.05, 3.63) is 0 Å². The Balaban J connectivity index is 2.04. The third-order valence-electron chi connectivity index (χ3n) is 5.24. The van der Waals surface area contributed by atoms with Crippen molar-refractivity contribution in [3.63, 3.8) is 0 Å². The lowest BCUT2D eigenvalue weighted by atomic mass is 9.43. The Kier molecular flexibility index (Phi) is 2.51. The first-order valence-electron chi connectivity index (χ1n) is 6.73. The summed E-state index contributed by atoms with van der Waals surface area (Å²) >= 11 is 0. The number of esters is 2.